The van der Waals surface area contributed by atoms with Crippen molar-refractivity contribution in [3.8, 4) is 11.5 Å². The van der Waals surface area contributed by atoms with Crippen LogP contribution >= 0.6 is 28.1 Å². The zero-order valence-corrected chi connectivity index (χ0v) is 14.3. The molecule has 0 aliphatic rings. The number of ether oxygens (including phenoxy) is 2. The van der Waals surface area contributed by atoms with Gasteiger partial charge in [-0.1, -0.05) is 39.8 Å². The minimum absolute atomic E-state index is 0.308. The van der Waals surface area contributed by atoms with Crippen molar-refractivity contribution >= 4 is 33.1 Å². The Kier molecular flexibility index (Phi) is 5.20. The van der Waals surface area contributed by atoms with Crippen LogP contribution in [-0.2, 0) is 6.61 Å². The van der Waals surface area contributed by atoms with E-state index in [0.717, 1.165) is 21.3 Å². The molecule has 0 saturated carbocycles. The van der Waals surface area contributed by atoms with E-state index < -0.39 is 0 Å². The molecule has 0 unspecified atom stereocenters. The number of nitrogens with two attached hydrogens (primary N) is 1. The molecule has 2 rings (SSSR count). The monoisotopic (exact) mass is 365 g/mol. The Morgan fingerprint density at radius 2 is 1.90 bits per heavy atom. The summed E-state index contributed by atoms with van der Waals surface area (Å²) in [6, 6.07) is 11.6. The maximum atomic E-state index is 5.87. The van der Waals surface area contributed by atoms with Crippen molar-refractivity contribution in [2.24, 2.45) is 5.73 Å². The highest BCUT2D eigenvalue weighted by molar-refractivity contribution is 9.10. The molecular weight excluding hydrogens is 350 g/mol. The molecule has 2 N–H and O–H groups in total. The second-order valence-electron chi connectivity index (χ2n) is 4.61. The fourth-order valence-corrected chi connectivity index (χ4v) is 2.52. The standard InChI is InChI=1S/C16H16BrNO2S/c1-10-3-5-14(19-2)11(7-10)9-20-15-6-4-12(17)8-13(15)16(18)21/h3-8H,9H2,1-2H3,(H2,18,21). The lowest BCUT2D eigenvalue weighted by atomic mass is 10.1. The maximum absolute atomic E-state index is 5.87. The number of benzene rings is 2. The first-order valence-corrected chi connectivity index (χ1v) is 7.57. The van der Waals surface area contributed by atoms with Crippen molar-refractivity contribution in [3.63, 3.8) is 0 Å². The average molecular weight is 366 g/mol. The third-order valence-corrected chi connectivity index (χ3v) is 3.74. The summed E-state index contributed by atoms with van der Waals surface area (Å²) in [6.45, 7) is 2.42. The molecule has 5 heteroatoms. The molecule has 0 atom stereocenters. The van der Waals surface area contributed by atoms with E-state index in [0.29, 0.717) is 22.9 Å². The highest BCUT2D eigenvalue weighted by Gasteiger charge is 2.09. The molecule has 0 heterocycles. The molecule has 0 aliphatic heterocycles. The SMILES string of the molecule is COc1ccc(C)cc1COc1ccc(Br)cc1C(N)=S. The normalized spacial score (nSPS) is 10.2. The molecule has 0 radical (unpaired) electrons. The first-order chi connectivity index (χ1) is 10.0. The number of hydrogen-bond acceptors (Lipinski definition) is 3. The quantitative estimate of drug-likeness (QED) is 0.813. The van der Waals surface area contributed by atoms with Crippen molar-refractivity contribution in [1.29, 1.82) is 0 Å². The third kappa shape index (κ3) is 3.95. The van der Waals surface area contributed by atoms with Crippen LogP contribution in [-0.4, -0.2) is 12.1 Å². The van der Waals surface area contributed by atoms with Gasteiger partial charge in [-0.25, -0.2) is 0 Å². The Balaban J connectivity index is 2.24. The van der Waals surface area contributed by atoms with E-state index in [4.69, 9.17) is 27.4 Å². The summed E-state index contributed by atoms with van der Waals surface area (Å²) in [7, 11) is 1.65. The first-order valence-electron chi connectivity index (χ1n) is 6.37. The lowest BCUT2D eigenvalue weighted by Crippen LogP contribution is -2.12. The second-order valence-corrected chi connectivity index (χ2v) is 5.96. The molecule has 21 heavy (non-hydrogen) atoms. The Labute approximate surface area is 138 Å². The molecule has 0 aromatic heterocycles. The zero-order chi connectivity index (χ0) is 15.4. The van der Waals surface area contributed by atoms with E-state index in [1.54, 1.807) is 7.11 Å². The highest BCUT2D eigenvalue weighted by Crippen LogP contribution is 2.26. The van der Waals surface area contributed by atoms with Gasteiger partial charge >= 0.3 is 0 Å². The van der Waals surface area contributed by atoms with Gasteiger partial charge in [-0.15, -0.1) is 0 Å². The summed E-state index contributed by atoms with van der Waals surface area (Å²) in [5.74, 6) is 1.46. The Hall–Kier alpha value is -1.59. The van der Waals surface area contributed by atoms with Gasteiger partial charge in [0.2, 0.25) is 0 Å². The predicted molar refractivity (Wildman–Crippen MR) is 92.1 cm³/mol. The van der Waals surface area contributed by atoms with Gasteiger partial charge in [0.1, 0.15) is 23.1 Å². The van der Waals surface area contributed by atoms with Gasteiger partial charge in [-0.2, -0.15) is 0 Å². The molecule has 0 saturated heterocycles. The molecular formula is C16H16BrNO2S. The van der Waals surface area contributed by atoms with E-state index >= 15 is 0 Å². The van der Waals surface area contributed by atoms with Crippen molar-refractivity contribution < 1.29 is 9.47 Å². The lowest BCUT2D eigenvalue weighted by Gasteiger charge is -2.13. The van der Waals surface area contributed by atoms with Gasteiger partial charge in [0.15, 0.2) is 0 Å². The first kappa shape index (κ1) is 15.8. The predicted octanol–water partition coefficient (Wildman–Crippen LogP) is 3.98. The van der Waals surface area contributed by atoms with Crippen LogP contribution in [0.5, 0.6) is 11.5 Å². The molecule has 2 aromatic rings. The van der Waals surface area contributed by atoms with Crippen LogP contribution in [0.4, 0.5) is 0 Å². The third-order valence-electron chi connectivity index (χ3n) is 3.03. The number of rotatable bonds is 5. The molecule has 0 bridgehead atoms. The molecule has 3 nitrogen and oxygen atoms in total. The fraction of sp³-hybridized carbons (Fsp3) is 0.188. The van der Waals surface area contributed by atoms with E-state index in [2.05, 4.69) is 15.9 Å². The summed E-state index contributed by atoms with van der Waals surface area (Å²) in [4.78, 5) is 0.308. The van der Waals surface area contributed by atoms with E-state index in [-0.39, 0.29) is 0 Å². The topological polar surface area (TPSA) is 44.5 Å². The Morgan fingerprint density at radius 3 is 2.57 bits per heavy atom. The number of aryl methyl sites for hydroxylation is 1. The largest absolute Gasteiger partial charge is 0.496 e. The number of thiocarbonyl (C=S) groups is 1. The van der Waals surface area contributed by atoms with Gasteiger partial charge in [0.25, 0.3) is 0 Å². The smallest absolute Gasteiger partial charge is 0.130 e. The van der Waals surface area contributed by atoms with Crippen LogP contribution in [0.3, 0.4) is 0 Å². The minimum atomic E-state index is 0.308. The van der Waals surface area contributed by atoms with Gasteiger partial charge in [0.05, 0.1) is 12.7 Å². The van der Waals surface area contributed by atoms with Crippen molar-refractivity contribution in [3.05, 3.63) is 57.6 Å². The van der Waals surface area contributed by atoms with Gasteiger partial charge in [-0.3, -0.25) is 0 Å². The highest BCUT2D eigenvalue weighted by atomic mass is 79.9. The molecule has 0 amide bonds. The summed E-state index contributed by atoms with van der Waals surface area (Å²) in [5, 5.41) is 0. The van der Waals surface area contributed by atoms with Crippen LogP contribution in [0.25, 0.3) is 0 Å². The van der Waals surface area contributed by atoms with Gasteiger partial charge in [-0.05, 0) is 37.3 Å². The van der Waals surface area contributed by atoms with Crippen LogP contribution in [0, 0.1) is 6.92 Å². The van der Waals surface area contributed by atoms with Crippen LogP contribution in [0.15, 0.2) is 40.9 Å². The molecule has 2 aromatic carbocycles. The van der Waals surface area contributed by atoms with Crippen LogP contribution in [0.1, 0.15) is 16.7 Å². The summed E-state index contributed by atoms with van der Waals surface area (Å²) in [5.41, 5.74) is 8.59. The Bertz CT molecular complexity index is 673. The molecule has 110 valence electrons. The Morgan fingerprint density at radius 1 is 1.19 bits per heavy atom. The minimum Gasteiger partial charge on any atom is -0.496 e. The number of methoxy groups -OCH3 is 1. The molecule has 0 fully saturated rings. The van der Waals surface area contributed by atoms with E-state index in [1.807, 2.05) is 43.3 Å². The number of hydrogen-bond donors (Lipinski definition) is 1. The molecule has 0 spiro atoms. The van der Waals surface area contributed by atoms with Crippen molar-refractivity contribution in [2.75, 3.05) is 7.11 Å². The van der Waals surface area contributed by atoms with Crippen molar-refractivity contribution in [1.82, 2.24) is 0 Å². The fourth-order valence-electron chi connectivity index (χ4n) is 2.00. The van der Waals surface area contributed by atoms with Crippen molar-refractivity contribution in [2.45, 2.75) is 13.5 Å². The summed E-state index contributed by atoms with van der Waals surface area (Å²) >= 11 is 8.46. The maximum Gasteiger partial charge on any atom is 0.130 e. The summed E-state index contributed by atoms with van der Waals surface area (Å²) in [6.07, 6.45) is 0. The molecule has 0 aliphatic carbocycles. The number of halogens is 1. The average Bonchev–Trinajstić information content (AvgIpc) is 2.46. The van der Waals surface area contributed by atoms with Gasteiger partial charge < -0.3 is 15.2 Å². The van der Waals surface area contributed by atoms with E-state index in [9.17, 15) is 0 Å². The lowest BCUT2D eigenvalue weighted by molar-refractivity contribution is 0.296. The zero-order valence-electron chi connectivity index (χ0n) is 11.9. The second kappa shape index (κ2) is 6.91. The van der Waals surface area contributed by atoms with Crippen LogP contribution < -0.4 is 15.2 Å². The van der Waals surface area contributed by atoms with Crippen LogP contribution in [0.2, 0.25) is 0 Å². The summed E-state index contributed by atoms with van der Waals surface area (Å²) < 4.78 is 12.1. The van der Waals surface area contributed by atoms with Gasteiger partial charge in [0, 0.05) is 10.0 Å². The van der Waals surface area contributed by atoms with E-state index in [1.165, 1.54) is 0 Å².